The van der Waals surface area contributed by atoms with E-state index in [1.165, 1.54) is 5.56 Å². The Morgan fingerprint density at radius 3 is 2.59 bits per heavy atom. The van der Waals surface area contributed by atoms with Crippen molar-refractivity contribution in [3.8, 4) is 11.5 Å². The van der Waals surface area contributed by atoms with Crippen molar-refractivity contribution in [3.05, 3.63) is 106 Å². The Morgan fingerprint density at radius 2 is 1.81 bits per heavy atom. The fourth-order valence-corrected chi connectivity index (χ4v) is 4.61. The van der Waals surface area contributed by atoms with Crippen LogP contribution in [0.5, 0.6) is 11.5 Å². The molecule has 0 aliphatic rings. The number of nitrogens with one attached hydrogen (secondary N) is 1. The van der Waals surface area contributed by atoms with E-state index in [9.17, 15) is 4.79 Å². The molecular weight excluding hydrogens is 528 g/mol. The standard InChI is InChI=1S/C31H31BrN2O3/c1-3-7-22(2)24-12-15-27(16-13-24)36-21-31(35)34-33-19-29-28-11-5-4-9-25(28)14-17-30(29)37-20-23-8-6-10-26(32)18-23/h4-6,8-19,22H,3,7,20-21H2,1-2H3,(H,34,35). The quantitative estimate of drug-likeness (QED) is 0.152. The average Bonchev–Trinajstić information content (AvgIpc) is 2.91. The van der Waals surface area contributed by atoms with E-state index in [4.69, 9.17) is 9.47 Å². The lowest BCUT2D eigenvalue weighted by atomic mass is 9.97. The third-order valence-corrected chi connectivity index (χ3v) is 6.63. The summed E-state index contributed by atoms with van der Waals surface area (Å²) in [7, 11) is 0. The second kappa shape index (κ2) is 13.1. The molecule has 5 nitrogen and oxygen atoms in total. The van der Waals surface area contributed by atoms with Gasteiger partial charge < -0.3 is 9.47 Å². The Bertz CT molecular complexity index is 1370. The molecular formula is C31H31BrN2O3. The van der Waals surface area contributed by atoms with Crippen LogP contribution in [0, 0.1) is 0 Å². The van der Waals surface area contributed by atoms with Gasteiger partial charge in [0.15, 0.2) is 6.61 Å². The maximum Gasteiger partial charge on any atom is 0.277 e. The van der Waals surface area contributed by atoms with Gasteiger partial charge in [-0.05, 0) is 64.6 Å². The van der Waals surface area contributed by atoms with Crippen molar-refractivity contribution in [2.24, 2.45) is 5.10 Å². The number of hydrogen-bond donors (Lipinski definition) is 1. The van der Waals surface area contributed by atoms with Crippen LogP contribution in [0.25, 0.3) is 10.8 Å². The Balaban J connectivity index is 1.39. The Hall–Kier alpha value is -3.64. The fraction of sp³-hybridized carbons (Fsp3) is 0.226. The van der Waals surface area contributed by atoms with Crippen LogP contribution in [-0.2, 0) is 11.4 Å². The number of hydrazone groups is 1. The Morgan fingerprint density at radius 1 is 1.00 bits per heavy atom. The number of fused-ring (bicyclic) bond motifs is 1. The Kier molecular flexibility index (Phi) is 9.33. The molecule has 0 aliphatic carbocycles. The zero-order valence-electron chi connectivity index (χ0n) is 21.1. The summed E-state index contributed by atoms with van der Waals surface area (Å²) in [5.41, 5.74) is 5.68. The maximum atomic E-state index is 12.4. The van der Waals surface area contributed by atoms with Crippen molar-refractivity contribution < 1.29 is 14.3 Å². The predicted octanol–water partition coefficient (Wildman–Crippen LogP) is 7.61. The third kappa shape index (κ3) is 7.43. The molecule has 0 fully saturated rings. The van der Waals surface area contributed by atoms with Gasteiger partial charge in [0.05, 0.1) is 6.21 Å². The first-order valence-corrected chi connectivity index (χ1v) is 13.3. The van der Waals surface area contributed by atoms with Gasteiger partial charge in [0.2, 0.25) is 0 Å². The summed E-state index contributed by atoms with van der Waals surface area (Å²) in [6.07, 6.45) is 3.92. The first-order valence-electron chi connectivity index (χ1n) is 12.5. The number of carbonyl (C=O) groups is 1. The molecule has 1 unspecified atom stereocenters. The van der Waals surface area contributed by atoms with Gasteiger partial charge in [-0.3, -0.25) is 4.79 Å². The zero-order valence-corrected chi connectivity index (χ0v) is 22.7. The van der Waals surface area contributed by atoms with Gasteiger partial charge in [0.25, 0.3) is 5.91 Å². The summed E-state index contributed by atoms with van der Waals surface area (Å²) < 4.78 is 12.8. The minimum Gasteiger partial charge on any atom is -0.488 e. The molecule has 0 aliphatic heterocycles. The minimum absolute atomic E-state index is 0.122. The van der Waals surface area contributed by atoms with Crippen molar-refractivity contribution >= 4 is 38.8 Å². The van der Waals surface area contributed by atoms with Gasteiger partial charge in [0, 0.05) is 10.0 Å². The van der Waals surface area contributed by atoms with Crippen LogP contribution in [0.15, 0.2) is 94.5 Å². The van der Waals surface area contributed by atoms with E-state index in [-0.39, 0.29) is 12.5 Å². The summed E-state index contributed by atoms with van der Waals surface area (Å²) in [5, 5.41) is 6.25. The number of nitrogens with zero attached hydrogens (tertiary/aromatic N) is 1. The highest BCUT2D eigenvalue weighted by molar-refractivity contribution is 9.10. The minimum atomic E-state index is -0.337. The van der Waals surface area contributed by atoms with E-state index < -0.39 is 0 Å². The summed E-state index contributed by atoms with van der Waals surface area (Å²) in [4.78, 5) is 12.4. The summed E-state index contributed by atoms with van der Waals surface area (Å²) >= 11 is 3.50. The van der Waals surface area contributed by atoms with Gasteiger partial charge in [0.1, 0.15) is 18.1 Å². The number of rotatable bonds is 11. The highest BCUT2D eigenvalue weighted by Gasteiger charge is 2.09. The van der Waals surface area contributed by atoms with Gasteiger partial charge in [-0.1, -0.05) is 90.8 Å². The number of carbonyl (C=O) groups excluding carboxylic acids is 1. The van der Waals surface area contributed by atoms with Gasteiger partial charge in [-0.15, -0.1) is 0 Å². The molecule has 0 radical (unpaired) electrons. The van der Waals surface area contributed by atoms with Crippen molar-refractivity contribution in [1.82, 2.24) is 5.43 Å². The molecule has 0 bridgehead atoms. The van der Waals surface area contributed by atoms with E-state index in [1.807, 2.05) is 72.8 Å². The van der Waals surface area contributed by atoms with E-state index in [0.29, 0.717) is 24.0 Å². The summed E-state index contributed by atoms with van der Waals surface area (Å²) in [6.45, 7) is 4.70. The molecule has 1 amide bonds. The van der Waals surface area contributed by atoms with Crippen LogP contribution in [0.1, 0.15) is 49.3 Å². The van der Waals surface area contributed by atoms with Gasteiger partial charge >= 0.3 is 0 Å². The second-order valence-corrected chi connectivity index (χ2v) is 9.87. The lowest BCUT2D eigenvalue weighted by Crippen LogP contribution is -2.24. The molecule has 6 heteroatoms. The van der Waals surface area contributed by atoms with Crippen molar-refractivity contribution in [2.45, 2.75) is 39.2 Å². The van der Waals surface area contributed by atoms with Crippen LogP contribution in [-0.4, -0.2) is 18.7 Å². The molecule has 0 aromatic heterocycles. The zero-order chi connectivity index (χ0) is 26.0. The van der Waals surface area contributed by atoms with E-state index in [0.717, 1.165) is 39.2 Å². The molecule has 1 N–H and O–H groups in total. The lowest BCUT2D eigenvalue weighted by Gasteiger charge is -2.12. The van der Waals surface area contributed by atoms with Crippen LogP contribution < -0.4 is 14.9 Å². The molecule has 0 spiro atoms. The van der Waals surface area contributed by atoms with E-state index in [1.54, 1.807) is 6.21 Å². The SMILES string of the molecule is CCCC(C)c1ccc(OCC(=O)NN=Cc2c(OCc3cccc(Br)c3)ccc3ccccc23)cc1. The van der Waals surface area contributed by atoms with Crippen LogP contribution >= 0.6 is 15.9 Å². The van der Waals surface area contributed by atoms with Crippen molar-refractivity contribution in [3.63, 3.8) is 0 Å². The topological polar surface area (TPSA) is 59.9 Å². The largest absolute Gasteiger partial charge is 0.488 e. The summed E-state index contributed by atoms with van der Waals surface area (Å²) in [6, 6.07) is 27.9. The highest BCUT2D eigenvalue weighted by atomic mass is 79.9. The van der Waals surface area contributed by atoms with Gasteiger partial charge in [-0.2, -0.15) is 5.10 Å². The normalized spacial score (nSPS) is 12.0. The highest BCUT2D eigenvalue weighted by Crippen LogP contribution is 2.28. The first kappa shape index (κ1) is 26.4. The van der Waals surface area contributed by atoms with Crippen molar-refractivity contribution in [2.75, 3.05) is 6.61 Å². The van der Waals surface area contributed by atoms with Gasteiger partial charge in [-0.25, -0.2) is 5.43 Å². The first-order chi connectivity index (χ1) is 18.0. The number of ether oxygens (including phenoxy) is 2. The van der Waals surface area contributed by atoms with Crippen LogP contribution in [0.3, 0.4) is 0 Å². The van der Waals surface area contributed by atoms with Crippen LogP contribution in [0.4, 0.5) is 0 Å². The molecule has 0 saturated carbocycles. The smallest absolute Gasteiger partial charge is 0.277 e. The Labute approximate surface area is 226 Å². The third-order valence-electron chi connectivity index (χ3n) is 6.14. The van der Waals surface area contributed by atoms with Crippen LogP contribution in [0.2, 0.25) is 0 Å². The number of halogens is 1. The molecule has 0 heterocycles. The molecule has 1 atom stereocenters. The molecule has 4 aromatic rings. The summed E-state index contributed by atoms with van der Waals surface area (Å²) in [5.74, 6) is 1.51. The molecule has 0 saturated heterocycles. The predicted molar refractivity (Wildman–Crippen MR) is 153 cm³/mol. The maximum absolute atomic E-state index is 12.4. The molecule has 190 valence electrons. The average molecular weight is 560 g/mol. The number of benzene rings is 4. The molecule has 4 rings (SSSR count). The lowest BCUT2D eigenvalue weighted by molar-refractivity contribution is -0.123. The fourth-order valence-electron chi connectivity index (χ4n) is 4.16. The second-order valence-electron chi connectivity index (χ2n) is 8.96. The molecule has 4 aromatic carbocycles. The number of hydrogen-bond acceptors (Lipinski definition) is 4. The number of amides is 1. The monoisotopic (exact) mass is 558 g/mol. The van der Waals surface area contributed by atoms with E-state index in [2.05, 4.69) is 52.4 Å². The molecule has 37 heavy (non-hydrogen) atoms. The van der Waals surface area contributed by atoms with Crippen molar-refractivity contribution in [1.29, 1.82) is 0 Å². The van der Waals surface area contributed by atoms with E-state index >= 15 is 0 Å².